The van der Waals surface area contributed by atoms with Gasteiger partial charge in [0.2, 0.25) is 5.65 Å². The first-order valence-electron chi connectivity index (χ1n) is 6.93. The van der Waals surface area contributed by atoms with Crippen LogP contribution in [-0.2, 0) is 0 Å². The molecule has 0 spiro atoms. The molecule has 120 valence electrons. The second-order valence-electron chi connectivity index (χ2n) is 5.15. The highest BCUT2D eigenvalue weighted by Crippen LogP contribution is 2.29. The van der Waals surface area contributed by atoms with E-state index in [2.05, 4.69) is 41.8 Å². The molecule has 0 bridgehead atoms. The first-order chi connectivity index (χ1) is 11.5. The number of imidazole rings is 1. The summed E-state index contributed by atoms with van der Waals surface area (Å²) >= 11 is 6.77. The summed E-state index contributed by atoms with van der Waals surface area (Å²) in [6.07, 6.45) is 3.45. The number of ether oxygens (including phenoxy) is 1. The zero-order chi connectivity index (χ0) is 16.8. The summed E-state index contributed by atoms with van der Waals surface area (Å²) in [4.78, 5) is 20.2. The predicted octanol–water partition coefficient (Wildman–Crippen LogP) is 4.46. The fraction of sp³-hybridized carbons (Fsp3) is 0.0625. The molecular weight excluding hydrogens is 442 g/mol. The van der Waals surface area contributed by atoms with E-state index in [1.54, 1.807) is 28.9 Å². The standard InChI is InChI=1S/C16H9Br2N3O3/c1-8-4-14(22)24-11-5-9(2-3-10(8)11)23-16-15-19-6-13(18)21(15)7-12(17)20-16/h2-7H,1H3. The summed E-state index contributed by atoms with van der Waals surface area (Å²) < 4.78 is 14.3. The molecule has 0 fully saturated rings. The van der Waals surface area contributed by atoms with Gasteiger partial charge in [-0.05, 0) is 56.5 Å². The Morgan fingerprint density at radius 3 is 2.92 bits per heavy atom. The van der Waals surface area contributed by atoms with Crippen LogP contribution in [0.15, 0.2) is 55.1 Å². The van der Waals surface area contributed by atoms with E-state index >= 15 is 0 Å². The van der Waals surface area contributed by atoms with Gasteiger partial charge in [-0.3, -0.25) is 4.40 Å². The SMILES string of the molecule is Cc1cc(=O)oc2cc(Oc3nc(Br)cn4c(Br)cnc34)ccc12. The van der Waals surface area contributed by atoms with Gasteiger partial charge in [-0.15, -0.1) is 0 Å². The molecule has 24 heavy (non-hydrogen) atoms. The molecule has 0 aliphatic carbocycles. The molecule has 4 rings (SSSR count). The lowest BCUT2D eigenvalue weighted by Crippen LogP contribution is -1.98. The van der Waals surface area contributed by atoms with Crippen molar-refractivity contribution in [2.45, 2.75) is 6.92 Å². The van der Waals surface area contributed by atoms with Crippen molar-refractivity contribution in [3.8, 4) is 11.6 Å². The number of halogens is 2. The summed E-state index contributed by atoms with van der Waals surface area (Å²) in [5.74, 6) is 0.840. The Hall–Kier alpha value is -2.19. The van der Waals surface area contributed by atoms with Crippen molar-refractivity contribution in [3.63, 3.8) is 0 Å². The topological polar surface area (TPSA) is 69.6 Å². The molecule has 0 unspecified atom stereocenters. The van der Waals surface area contributed by atoms with Gasteiger partial charge in [0.1, 0.15) is 20.5 Å². The molecular formula is C16H9Br2N3O3. The van der Waals surface area contributed by atoms with E-state index < -0.39 is 5.63 Å². The lowest BCUT2D eigenvalue weighted by Gasteiger charge is -2.08. The number of hydrogen-bond donors (Lipinski definition) is 0. The van der Waals surface area contributed by atoms with Gasteiger partial charge >= 0.3 is 5.63 Å². The Labute approximate surface area is 152 Å². The van der Waals surface area contributed by atoms with Crippen LogP contribution < -0.4 is 10.4 Å². The average molecular weight is 451 g/mol. The first kappa shape index (κ1) is 15.3. The van der Waals surface area contributed by atoms with Crippen molar-refractivity contribution >= 4 is 48.5 Å². The molecule has 0 aliphatic rings. The lowest BCUT2D eigenvalue weighted by molar-refractivity contribution is 0.462. The summed E-state index contributed by atoms with van der Waals surface area (Å²) in [7, 11) is 0. The highest BCUT2D eigenvalue weighted by Gasteiger charge is 2.12. The van der Waals surface area contributed by atoms with Crippen molar-refractivity contribution in [1.82, 2.24) is 14.4 Å². The largest absolute Gasteiger partial charge is 0.436 e. The maximum absolute atomic E-state index is 11.6. The third-order valence-corrected chi connectivity index (χ3v) is 4.49. The second kappa shape index (κ2) is 5.71. The quantitative estimate of drug-likeness (QED) is 0.421. The van der Waals surface area contributed by atoms with Crippen LogP contribution >= 0.6 is 31.9 Å². The van der Waals surface area contributed by atoms with Gasteiger partial charge < -0.3 is 9.15 Å². The number of benzene rings is 1. The minimum absolute atomic E-state index is 0.337. The average Bonchev–Trinajstić information content (AvgIpc) is 2.88. The number of hydrogen-bond acceptors (Lipinski definition) is 5. The molecule has 1 aromatic carbocycles. The van der Waals surface area contributed by atoms with E-state index in [1.807, 2.05) is 13.0 Å². The molecule has 8 heteroatoms. The van der Waals surface area contributed by atoms with Crippen molar-refractivity contribution in [2.24, 2.45) is 0 Å². The van der Waals surface area contributed by atoms with Gasteiger partial charge in [0, 0.05) is 23.7 Å². The van der Waals surface area contributed by atoms with Gasteiger partial charge in [-0.2, -0.15) is 0 Å². The maximum Gasteiger partial charge on any atom is 0.336 e. The molecule has 0 radical (unpaired) electrons. The van der Waals surface area contributed by atoms with Crippen LogP contribution in [0.25, 0.3) is 16.6 Å². The van der Waals surface area contributed by atoms with Gasteiger partial charge in [0.05, 0.1) is 6.20 Å². The Morgan fingerprint density at radius 1 is 1.25 bits per heavy atom. The summed E-state index contributed by atoms with van der Waals surface area (Å²) in [6.45, 7) is 1.86. The van der Waals surface area contributed by atoms with Crippen LogP contribution in [0.5, 0.6) is 11.6 Å². The maximum atomic E-state index is 11.6. The lowest BCUT2D eigenvalue weighted by atomic mass is 10.1. The third-order valence-electron chi connectivity index (χ3n) is 3.52. The molecule has 4 aromatic rings. The molecule has 0 saturated carbocycles. The molecule has 3 aromatic heterocycles. The number of rotatable bonds is 2. The number of aryl methyl sites for hydroxylation is 1. The zero-order valence-corrected chi connectivity index (χ0v) is 15.5. The Balaban J connectivity index is 1.84. The molecule has 0 amide bonds. The van der Waals surface area contributed by atoms with Crippen LogP contribution in [0.3, 0.4) is 0 Å². The minimum Gasteiger partial charge on any atom is -0.436 e. The normalized spacial score (nSPS) is 11.3. The predicted molar refractivity (Wildman–Crippen MR) is 95.7 cm³/mol. The fourth-order valence-electron chi connectivity index (χ4n) is 2.45. The van der Waals surface area contributed by atoms with Crippen LogP contribution in [-0.4, -0.2) is 14.4 Å². The van der Waals surface area contributed by atoms with Crippen molar-refractivity contribution < 1.29 is 9.15 Å². The Kier molecular flexibility index (Phi) is 3.65. The van der Waals surface area contributed by atoms with Gasteiger partial charge in [0.25, 0.3) is 5.88 Å². The monoisotopic (exact) mass is 449 g/mol. The molecule has 0 N–H and O–H groups in total. The molecule has 0 saturated heterocycles. The molecule has 0 atom stereocenters. The van der Waals surface area contributed by atoms with Gasteiger partial charge in [0.15, 0.2) is 0 Å². The zero-order valence-electron chi connectivity index (χ0n) is 12.3. The summed E-state index contributed by atoms with van der Waals surface area (Å²) in [5, 5.41) is 0.859. The van der Waals surface area contributed by atoms with E-state index in [0.717, 1.165) is 15.6 Å². The van der Waals surface area contributed by atoms with Crippen LogP contribution in [0.1, 0.15) is 5.56 Å². The highest BCUT2D eigenvalue weighted by molar-refractivity contribution is 9.10. The molecule has 0 aliphatic heterocycles. The van der Waals surface area contributed by atoms with Crippen molar-refractivity contribution in [2.75, 3.05) is 0 Å². The van der Waals surface area contributed by atoms with E-state index in [4.69, 9.17) is 9.15 Å². The highest BCUT2D eigenvalue weighted by atomic mass is 79.9. The number of nitrogens with zero attached hydrogens (tertiary/aromatic N) is 3. The minimum atomic E-state index is -0.391. The van der Waals surface area contributed by atoms with Crippen LogP contribution in [0, 0.1) is 6.92 Å². The number of aromatic nitrogens is 3. The first-order valence-corrected chi connectivity index (χ1v) is 8.51. The fourth-order valence-corrected chi connectivity index (χ4v) is 3.19. The Morgan fingerprint density at radius 2 is 2.08 bits per heavy atom. The second-order valence-corrected chi connectivity index (χ2v) is 6.78. The summed E-state index contributed by atoms with van der Waals surface area (Å²) in [5.41, 5.74) is 1.49. The van der Waals surface area contributed by atoms with Crippen molar-refractivity contribution in [1.29, 1.82) is 0 Å². The van der Waals surface area contributed by atoms with E-state index in [1.165, 1.54) is 6.07 Å². The van der Waals surface area contributed by atoms with E-state index in [9.17, 15) is 4.79 Å². The van der Waals surface area contributed by atoms with E-state index in [0.29, 0.717) is 27.5 Å². The van der Waals surface area contributed by atoms with Crippen LogP contribution in [0.2, 0.25) is 0 Å². The van der Waals surface area contributed by atoms with Crippen LogP contribution in [0.4, 0.5) is 0 Å². The smallest absolute Gasteiger partial charge is 0.336 e. The van der Waals surface area contributed by atoms with Crippen molar-refractivity contribution in [3.05, 3.63) is 61.8 Å². The summed E-state index contributed by atoms with van der Waals surface area (Å²) in [6, 6.07) is 6.77. The van der Waals surface area contributed by atoms with Gasteiger partial charge in [-0.25, -0.2) is 14.8 Å². The molecule has 3 heterocycles. The third kappa shape index (κ3) is 2.61. The molecule has 6 nitrogen and oxygen atoms in total. The van der Waals surface area contributed by atoms with Gasteiger partial charge in [-0.1, -0.05) is 0 Å². The van der Waals surface area contributed by atoms with E-state index in [-0.39, 0.29) is 0 Å². The Bertz CT molecular complexity index is 1150. The number of fused-ring (bicyclic) bond motifs is 2.